The number of carbonyl (C=O) groups excluding carboxylic acids is 1. The Labute approximate surface area is 147 Å². The number of aromatic nitrogens is 1. The molecule has 1 saturated heterocycles. The number of rotatable bonds is 5. The number of hydrogen-bond acceptors (Lipinski definition) is 4. The average molecular weight is 348 g/mol. The highest BCUT2D eigenvalue weighted by Crippen LogP contribution is 2.25. The molecule has 128 valence electrons. The Bertz CT molecular complexity index is 712. The van der Waals surface area contributed by atoms with Crippen LogP contribution in [0.15, 0.2) is 28.8 Å². The zero-order valence-corrected chi connectivity index (χ0v) is 14.8. The molecule has 1 unspecified atom stereocenters. The van der Waals surface area contributed by atoms with Gasteiger partial charge in [0.1, 0.15) is 11.3 Å². The standard InChI is InChI=1S/C18H22ClN3O2/c1-3-16-17(12(2)24-21-16)18(23)20-10-13-8-9-22(11-13)15-6-4-14(19)5-7-15/h4-7,13H,3,8-11H2,1-2H3,(H,20,23). The highest BCUT2D eigenvalue weighted by molar-refractivity contribution is 6.30. The maximum absolute atomic E-state index is 12.4. The lowest BCUT2D eigenvalue weighted by Crippen LogP contribution is -2.31. The van der Waals surface area contributed by atoms with E-state index in [9.17, 15) is 4.79 Å². The van der Waals surface area contributed by atoms with Crippen LogP contribution in [0.3, 0.4) is 0 Å². The van der Waals surface area contributed by atoms with E-state index in [2.05, 4.69) is 15.4 Å². The summed E-state index contributed by atoms with van der Waals surface area (Å²) in [5.74, 6) is 0.934. The van der Waals surface area contributed by atoms with Crippen LogP contribution >= 0.6 is 11.6 Å². The van der Waals surface area contributed by atoms with E-state index in [-0.39, 0.29) is 5.91 Å². The van der Waals surface area contributed by atoms with Gasteiger partial charge in [0, 0.05) is 30.3 Å². The fourth-order valence-electron chi connectivity index (χ4n) is 3.16. The second kappa shape index (κ2) is 7.26. The molecule has 2 heterocycles. The summed E-state index contributed by atoms with van der Waals surface area (Å²) in [6, 6.07) is 7.90. The molecule has 1 fully saturated rings. The second-order valence-corrected chi connectivity index (χ2v) is 6.64. The van der Waals surface area contributed by atoms with Crippen molar-refractivity contribution < 1.29 is 9.32 Å². The Morgan fingerprint density at radius 3 is 2.88 bits per heavy atom. The first kappa shape index (κ1) is 16.8. The molecule has 5 nitrogen and oxygen atoms in total. The number of amides is 1. The van der Waals surface area contributed by atoms with Crippen LogP contribution in [0.4, 0.5) is 5.69 Å². The number of nitrogens with one attached hydrogen (secondary N) is 1. The van der Waals surface area contributed by atoms with E-state index in [0.717, 1.165) is 30.2 Å². The van der Waals surface area contributed by atoms with Gasteiger partial charge in [0.15, 0.2) is 0 Å². The summed E-state index contributed by atoms with van der Waals surface area (Å²) < 4.78 is 5.13. The van der Waals surface area contributed by atoms with Crippen molar-refractivity contribution >= 4 is 23.2 Å². The lowest BCUT2D eigenvalue weighted by molar-refractivity contribution is 0.0946. The number of nitrogens with zero attached hydrogens (tertiary/aromatic N) is 2. The van der Waals surface area contributed by atoms with Crippen molar-refractivity contribution in [2.75, 3.05) is 24.5 Å². The molecule has 0 spiro atoms. The smallest absolute Gasteiger partial charge is 0.256 e. The average Bonchev–Trinajstić information content (AvgIpc) is 3.20. The highest BCUT2D eigenvalue weighted by Gasteiger charge is 2.25. The SMILES string of the molecule is CCc1noc(C)c1C(=O)NCC1CCN(c2ccc(Cl)cc2)C1. The number of halogens is 1. The Kier molecular flexibility index (Phi) is 5.09. The number of hydrogen-bond donors (Lipinski definition) is 1. The molecule has 24 heavy (non-hydrogen) atoms. The molecule has 1 aliphatic rings. The van der Waals surface area contributed by atoms with Crippen molar-refractivity contribution in [3.05, 3.63) is 46.3 Å². The van der Waals surface area contributed by atoms with E-state index in [0.29, 0.717) is 30.2 Å². The summed E-state index contributed by atoms with van der Waals surface area (Å²) in [4.78, 5) is 14.7. The first-order valence-electron chi connectivity index (χ1n) is 8.32. The first-order chi connectivity index (χ1) is 11.6. The molecular weight excluding hydrogens is 326 g/mol. The molecule has 0 bridgehead atoms. The minimum Gasteiger partial charge on any atom is -0.371 e. The fourth-order valence-corrected chi connectivity index (χ4v) is 3.29. The zero-order chi connectivity index (χ0) is 17.1. The van der Waals surface area contributed by atoms with Gasteiger partial charge in [-0.15, -0.1) is 0 Å². The maximum Gasteiger partial charge on any atom is 0.256 e. The van der Waals surface area contributed by atoms with Crippen molar-refractivity contribution in [1.29, 1.82) is 0 Å². The monoisotopic (exact) mass is 347 g/mol. The molecule has 0 radical (unpaired) electrons. The Morgan fingerprint density at radius 2 is 2.17 bits per heavy atom. The van der Waals surface area contributed by atoms with Gasteiger partial charge in [-0.2, -0.15) is 0 Å². The zero-order valence-electron chi connectivity index (χ0n) is 14.0. The summed E-state index contributed by atoms with van der Waals surface area (Å²) in [5, 5.41) is 7.72. The minimum absolute atomic E-state index is 0.0875. The van der Waals surface area contributed by atoms with Crippen molar-refractivity contribution in [1.82, 2.24) is 10.5 Å². The summed E-state index contributed by atoms with van der Waals surface area (Å²) in [5.41, 5.74) is 2.49. The third-order valence-corrected chi connectivity index (χ3v) is 4.78. The number of anilines is 1. The van der Waals surface area contributed by atoms with Gasteiger partial charge < -0.3 is 14.7 Å². The van der Waals surface area contributed by atoms with E-state index in [1.54, 1.807) is 6.92 Å². The van der Waals surface area contributed by atoms with Crippen LogP contribution in [0.1, 0.15) is 35.2 Å². The van der Waals surface area contributed by atoms with E-state index >= 15 is 0 Å². The van der Waals surface area contributed by atoms with Gasteiger partial charge in [0.05, 0.1) is 5.69 Å². The Morgan fingerprint density at radius 1 is 1.42 bits per heavy atom. The van der Waals surface area contributed by atoms with Gasteiger partial charge in [-0.1, -0.05) is 23.7 Å². The highest BCUT2D eigenvalue weighted by atomic mass is 35.5. The van der Waals surface area contributed by atoms with Gasteiger partial charge in [-0.3, -0.25) is 4.79 Å². The van der Waals surface area contributed by atoms with Gasteiger partial charge >= 0.3 is 0 Å². The third kappa shape index (κ3) is 3.56. The quantitative estimate of drug-likeness (QED) is 0.900. The number of aryl methyl sites for hydroxylation is 2. The van der Waals surface area contributed by atoms with Crippen LogP contribution < -0.4 is 10.2 Å². The molecule has 6 heteroatoms. The molecule has 0 aliphatic carbocycles. The predicted octanol–water partition coefficient (Wildman–Crippen LogP) is 3.46. The predicted molar refractivity (Wildman–Crippen MR) is 94.7 cm³/mol. The molecule has 1 amide bonds. The number of benzene rings is 1. The summed E-state index contributed by atoms with van der Waals surface area (Å²) in [6.07, 6.45) is 1.75. The van der Waals surface area contributed by atoms with E-state index in [1.165, 1.54) is 5.69 Å². The van der Waals surface area contributed by atoms with Crippen LogP contribution in [0, 0.1) is 12.8 Å². The van der Waals surface area contributed by atoms with Gasteiger partial charge in [-0.05, 0) is 49.9 Å². The van der Waals surface area contributed by atoms with E-state index in [4.69, 9.17) is 16.1 Å². The molecule has 1 aromatic carbocycles. The first-order valence-corrected chi connectivity index (χ1v) is 8.70. The number of carbonyl (C=O) groups is 1. The van der Waals surface area contributed by atoms with Crippen molar-refractivity contribution in [3.63, 3.8) is 0 Å². The molecule has 1 N–H and O–H groups in total. The molecule has 2 aromatic rings. The normalized spacial score (nSPS) is 17.3. The van der Waals surface area contributed by atoms with E-state index < -0.39 is 0 Å². The fraction of sp³-hybridized carbons (Fsp3) is 0.444. The maximum atomic E-state index is 12.4. The van der Waals surface area contributed by atoms with Crippen molar-refractivity contribution in [3.8, 4) is 0 Å². The van der Waals surface area contributed by atoms with Crippen LogP contribution in [0.25, 0.3) is 0 Å². The van der Waals surface area contributed by atoms with E-state index in [1.807, 2.05) is 31.2 Å². The lowest BCUT2D eigenvalue weighted by Gasteiger charge is -2.19. The lowest BCUT2D eigenvalue weighted by atomic mass is 10.1. The van der Waals surface area contributed by atoms with Crippen molar-refractivity contribution in [2.45, 2.75) is 26.7 Å². The molecule has 1 aliphatic heterocycles. The molecule has 0 saturated carbocycles. The topological polar surface area (TPSA) is 58.4 Å². The molecule has 3 rings (SSSR count). The molecular formula is C18H22ClN3O2. The second-order valence-electron chi connectivity index (χ2n) is 6.20. The molecule has 1 atom stereocenters. The van der Waals surface area contributed by atoms with Gasteiger partial charge in [0.25, 0.3) is 5.91 Å². The third-order valence-electron chi connectivity index (χ3n) is 4.52. The van der Waals surface area contributed by atoms with Crippen LogP contribution in [0.2, 0.25) is 5.02 Å². The van der Waals surface area contributed by atoms with Crippen LogP contribution in [-0.4, -0.2) is 30.7 Å². The summed E-state index contributed by atoms with van der Waals surface area (Å²) in [6.45, 7) is 6.34. The largest absolute Gasteiger partial charge is 0.371 e. The minimum atomic E-state index is -0.0875. The molecule has 1 aromatic heterocycles. The Hall–Kier alpha value is -2.01. The summed E-state index contributed by atoms with van der Waals surface area (Å²) in [7, 11) is 0. The summed E-state index contributed by atoms with van der Waals surface area (Å²) >= 11 is 5.94. The van der Waals surface area contributed by atoms with Gasteiger partial charge in [-0.25, -0.2) is 0 Å². The van der Waals surface area contributed by atoms with Crippen molar-refractivity contribution in [2.24, 2.45) is 5.92 Å². The van der Waals surface area contributed by atoms with Crippen LogP contribution in [-0.2, 0) is 6.42 Å². The Balaban J connectivity index is 1.55. The van der Waals surface area contributed by atoms with Gasteiger partial charge in [0.2, 0.25) is 0 Å². The van der Waals surface area contributed by atoms with Crippen LogP contribution in [0.5, 0.6) is 0 Å².